The number of hydrogen-bond donors (Lipinski definition) is 2. The highest BCUT2D eigenvalue weighted by Crippen LogP contribution is 2.38. The van der Waals surface area contributed by atoms with Crippen LogP contribution in [0.1, 0.15) is 29.5 Å². The highest BCUT2D eigenvalue weighted by Gasteiger charge is 2.38. The summed E-state index contributed by atoms with van der Waals surface area (Å²) in [7, 11) is 0. The number of fused-ring (bicyclic) bond motifs is 1. The summed E-state index contributed by atoms with van der Waals surface area (Å²) in [6.07, 6.45) is 1.70. The molecule has 3 aromatic rings. The zero-order valence-corrected chi connectivity index (χ0v) is 19.6. The summed E-state index contributed by atoms with van der Waals surface area (Å²) in [5.74, 6) is 0.864. The molecule has 3 aromatic carbocycles. The molecular formula is C28H30N2O4. The fourth-order valence-electron chi connectivity index (χ4n) is 4.57. The van der Waals surface area contributed by atoms with Crippen molar-refractivity contribution >= 4 is 11.6 Å². The molecule has 6 nitrogen and oxygen atoms in total. The van der Waals surface area contributed by atoms with Crippen molar-refractivity contribution in [1.82, 2.24) is 5.32 Å². The predicted octanol–water partition coefficient (Wildman–Crippen LogP) is 4.98. The molecule has 0 saturated carbocycles. The van der Waals surface area contributed by atoms with Gasteiger partial charge in [0.1, 0.15) is 11.5 Å². The van der Waals surface area contributed by atoms with Crippen molar-refractivity contribution in [2.45, 2.75) is 39.1 Å². The molecule has 176 valence electrons. The lowest BCUT2D eigenvalue weighted by atomic mass is 9.99. The maximum absolute atomic E-state index is 12.5. The van der Waals surface area contributed by atoms with E-state index in [4.69, 9.17) is 14.2 Å². The van der Waals surface area contributed by atoms with Gasteiger partial charge in [-0.15, -0.1) is 0 Å². The Balaban J connectivity index is 1.25. The Bertz CT molecular complexity index is 1180. The van der Waals surface area contributed by atoms with Gasteiger partial charge in [0.2, 0.25) is 5.79 Å². The number of piperidine rings is 1. The van der Waals surface area contributed by atoms with Crippen molar-refractivity contribution in [2.24, 2.45) is 0 Å². The molecule has 0 aromatic heterocycles. The van der Waals surface area contributed by atoms with Crippen LogP contribution in [0.3, 0.4) is 0 Å². The molecule has 2 heterocycles. The van der Waals surface area contributed by atoms with E-state index in [0.717, 1.165) is 65.2 Å². The minimum absolute atomic E-state index is 0.0555. The van der Waals surface area contributed by atoms with E-state index in [-0.39, 0.29) is 12.5 Å². The molecule has 2 aliphatic heterocycles. The van der Waals surface area contributed by atoms with Crippen LogP contribution in [0.25, 0.3) is 11.1 Å². The van der Waals surface area contributed by atoms with Gasteiger partial charge in [-0.3, -0.25) is 4.79 Å². The Labute approximate surface area is 200 Å². The first-order valence-electron chi connectivity index (χ1n) is 11.8. The summed E-state index contributed by atoms with van der Waals surface area (Å²) in [6, 6.07) is 19.9. The van der Waals surface area contributed by atoms with Gasteiger partial charge in [-0.25, -0.2) is 0 Å². The minimum Gasteiger partial charge on any atom is -0.484 e. The van der Waals surface area contributed by atoms with Crippen molar-refractivity contribution < 1.29 is 19.0 Å². The summed E-state index contributed by atoms with van der Waals surface area (Å²) >= 11 is 0. The summed E-state index contributed by atoms with van der Waals surface area (Å²) in [5.41, 5.74) is 6.01. The van der Waals surface area contributed by atoms with Gasteiger partial charge in [0.15, 0.2) is 6.61 Å². The topological polar surface area (TPSA) is 68.8 Å². The van der Waals surface area contributed by atoms with Gasteiger partial charge in [-0.05, 0) is 60.4 Å². The first-order valence-corrected chi connectivity index (χ1v) is 11.8. The van der Waals surface area contributed by atoms with Crippen LogP contribution < -0.4 is 20.1 Å². The monoisotopic (exact) mass is 458 g/mol. The second kappa shape index (κ2) is 9.49. The fourth-order valence-corrected chi connectivity index (χ4v) is 4.57. The minimum atomic E-state index is -0.495. The van der Waals surface area contributed by atoms with Crippen molar-refractivity contribution in [3.63, 3.8) is 0 Å². The Hall–Kier alpha value is -3.35. The number of amides is 1. The van der Waals surface area contributed by atoms with Crippen molar-refractivity contribution in [2.75, 3.05) is 25.0 Å². The normalized spacial score (nSPS) is 16.4. The number of nitrogens with one attached hydrogen (secondary N) is 2. The van der Waals surface area contributed by atoms with Crippen LogP contribution in [0.5, 0.6) is 11.5 Å². The van der Waals surface area contributed by atoms with Crippen LogP contribution in [0.4, 0.5) is 5.69 Å². The molecule has 2 N–H and O–H groups in total. The van der Waals surface area contributed by atoms with E-state index in [2.05, 4.69) is 22.8 Å². The van der Waals surface area contributed by atoms with E-state index in [1.54, 1.807) is 0 Å². The third-order valence-corrected chi connectivity index (χ3v) is 6.50. The fraction of sp³-hybridized carbons (Fsp3) is 0.321. The molecule has 0 unspecified atom stereocenters. The van der Waals surface area contributed by atoms with Gasteiger partial charge in [0, 0.05) is 37.2 Å². The average molecular weight is 459 g/mol. The Morgan fingerprint density at radius 1 is 1.00 bits per heavy atom. The lowest BCUT2D eigenvalue weighted by Crippen LogP contribution is -2.49. The molecule has 0 bridgehead atoms. The summed E-state index contributed by atoms with van der Waals surface area (Å²) in [4.78, 5) is 12.5. The van der Waals surface area contributed by atoms with Gasteiger partial charge in [-0.2, -0.15) is 0 Å². The lowest BCUT2D eigenvalue weighted by molar-refractivity contribution is -0.218. The van der Waals surface area contributed by atoms with Crippen LogP contribution in [-0.4, -0.2) is 31.4 Å². The molecule has 34 heavy (non-hydrogen) atoms. The molecular weight excluding hydrogens is 428 g/mol. The summed E-state index contributed by atoms with van der Waals surface area (Å²) in [5, 5.41) is 6.31. The third kappa shape index (κ3) is 4.79. The number of rotatable bonds is 5. The molecule has 1 spiro atoms. The Morgan fingerprint density at radius 2 is 1.74 bits per heavy atom. The number of hydrogen-bond acceptors (Lipinski definition) is 5. The maximum Gasteiger partial charge on any atom is 0.262 e. The van der Waals surface area contributed by atoms with E-state index in [0.29, 0.717) is 12.4 Å². The molecule has 1 fully saturated rings. The van der Waals surface area contributed by atoms with Gasteiger partial charge >= 0.3 is 0 Å². The largest absolute Gasteiger partial charge is 0.484 e. The van der Waals surface area contributed by atoms with Gasteiger partial charge in [0.25, 0.3) is 5.91 Å². The second-order valence-corrected chi connectivity index (χ2v) is 9.01. The molecule has 0 aliphatic carbocycles. The maximum atomic E-state index is 12.5. The first-order chi connectivity index (χ1) is 16.5. The zero-order chi connectivity index (χ0) is 23.5. The van der Waals surface area contributed by atoms with Gasteiger partial charge < -0.3 is 24.8 Å². The second-order valence-electron chi connectivity index (χ2n) is 9.01. The number of anilines is 1. The van der Waals surface area contributed by atoms with Crippen LogP contribution in [-0.2, 0) is 16.1 Å². The number of carbonyl (C=O) groups is 1. The lowest BCUT2D eigenvalue weighted by Gasteiger charge is -2.41. The van der Waals surface area contributed by atoms with Crippen molar-refractivity contribution in [1.29, 1.82) is 0 Å². The smallest absolute Gasteiger partial charge is 0.262 e. The van der Waals surface area contributed by atoms with Crippen LogP contribution in [0.2, 0.25) is 0 Å². The molecule has 1 amide bonds. The predicted molar refractivity (Wildman–Crippen MR) is 132 cm³/mol. The Kier molecular flexibility index (Phi) is 6.26. The molecule has 1 saturated heterocycles. The van der Waals surface area contributed by atoms with E-state index < -0.39 is 5.79 Å². The number of para-hydroxylation sites is 1. The van der Waals surface area contributed by atoms with E-state index in [1.165, 1.54) is 0 Å². The van der Waals surface area contributed by atoms with Gasteiger partial charge in [-0.1, -0.05) is 36.4 Å². The van der Waals surface area contributed by atoms with Crippen molar-refractivity contribution in [3.05, 3.63) is 77.4 Å². The molecule has 0 atom stereocenters. The third-order valence-electron chi connectivity index (χ3n) is 6.50. The average Bonchev–Trinajstić information content (AvgIpc) is 2.85. The molecule has 0 radical (unpaired) electrons. The number of benzene rings is 3. The summed E-state index contributed by atoms with van der Waals surface area (Å²) < 4.78 is 18.2. The van der Waals surface area contributed by atoms with E-state index >= 15 is 0 Å². The van der Waals surface area contributed by atoms with Gasteiger partial charge in [0.05, 0.1) is 6.61 Å². The Morgan fingerprint density at radius 3 is 2.53 bits per heavy atom. The van der Waals surface area contributed by atoms with E-state index in [1.807, 2.05) is 62.4 Å². The highest BCUT2D eigenvalue weighted by molar-refractivity contribution is 5.93. The number of ether oxygens (including phenoxy) is 3. The zero-order valence-electron chi connectivity index (χ0n) is 19.6. The van der Waals surface area contributed by atoms with Crippen molar-refractivity contribution in [3.8, 4) is 22.6 Å². The molecule has 5 rings (SSSR count). The van der Waals surface area contributed by atoms with Crippen LogP contribution in [0.15, 0.2) is 60.7 Å². The number of aryl methyl sites for hydroxylation is 2. The first kappa shape index (κ1) is 22.4. The van der Waals surface area contributed by atoms with Crippen LogP contribution >= 0.6 is 0 Å². The highest BCUT2D eigenvalue weighted by atomic mass is 16.7. The number of carbonyl (C=O) groups excluding carboxylic acids is 1. The van der Waals surface area contributed by atoms with E-state index in [9.17, 15) is 4.79 Å². The SMILES string of the molecule is Cc1cccc(C)c1NC(=O)COc1cccc(-c2ccc3c(c2)COC2(CCNCC2)O3)c1. The molecule has 6 heteroatoms. The standard InChI is InChI=1S/C28H30N2O4/c1-19-5-3-6-20(2)27(19)30-26(31)18-32-24-8-4-7-21(16-24)22-9-10-25-23(15-22)17-33-28(34-25)11-13-29-14-12-28/h3-10,15-16,29H,11-14,17-18H2,1-2H3,(H,30,31). The molecule has 2 aliphatic rings. The quantitative estimate of drug-likeness (QED) is 0.565. The van der Waals surface area contributed by atoms with Crippen LogP contribution in [0, 0.1) is 13.8 Å². The summed E-state index contributed by atoms with van der Waals surface area (Å²) in [6.45, 7) is 6.26.